The van der Waals surface area contributed by atoms with E-state index < -0.39 is 0 Å². The third-order valence-corrected chi connectivity index (χ3v) is 2.92. The van der Waals surface area contributed by atoms with E-state index >= 15 is 0 Å². The minimum atomic E-state index is -0.125. The Kier molecular flexibility index (Phi) is 3.14. The fraction of sp³-hybridized carbons (Fsp3) is 0.273. The number of benzene rings is 1. The lowest BCUT2D eigenvalue weighted by atomic mass is 10.1. The fourth-order valence-corrected chi connectivity index (χ4v) is 1.99. The van der Waals surface area contributed by atoms with E-state index in [1.165, 1.54) is 17.9 Å². The molecule has 0 aliphatic carbocycles. The SMILES string of the molecule is Cc1cc(CNc2ncns2)cc(C)c1F. The van der Waals surface area contributed by atoms with Crippen molar-refractivity contribution >= 4 is 16.7 Å². The number of nitrogens with zero attached hydrogens (tertiary/aromatic N) is 2. The molecule has 0 unspecified atom stereocenters. The van der Waals surface area contributed by atoms with E-state index in [4.69, 9.17) is 0 Å². The van der Waals surface area contributed by atoms with Crippen molar-refractivity contribution in [2.45, 2.75) is 20.4 Å². The average molecular weight is 237 g/mol. The summed E-state index contributed by atoms with van der Waals surface area (Å²) in [5, 5.41) is 3.91. The van der Waals surface area contributed by atoms with E-state index in [0.29, 0.717) is 17.7 Å². The molecular formula is C11H12FN3S. The molecule has 1 aromatic heterocycles. The van der Waals surface area contributed by atoms with Crippen LogP contribution in [0.2, 0.25) is 0 Å². The highest BCUT2D eigenvalue weighted by Crippen LogP contribution is 2.16. The zero-order valence-corrected chi connectivity index (χ0v) is 9.94. The van der Waals surface area contributed by atoms with Crippen LogP contribution < -0.4 is 5.32 Å². The number of hydrogen-bond acceptors (Lipinski definition) is 4. The number of aryl methyl sites for hydroxylation is 2. The normalized spacial score (nSPS) is 10.4. The molecule has 0 saturated heterocycles. The van der Waals surface area contributed by atoms with Gasteiger partial charge in [-0.05, 0) is 30.5 Å². The molecule has 2 aromatic rings. The minimum absolute atomic E-state index is 0.125. The fourth-order valence-electron chi connectivity index (χ4n) is 1.57. The molecule has 0 fully saturated rings. The molecule has 0 spiro atoms. The van der Waals surface area contributed by atoms with E-state index in [-0.39, 0.29) is 5.82 Å². The lowest BCUT2D eigenvalue weighted by Crippen LogP contribution is -2.01. The molecule has 0 aliphatic heterocycles. The molecule has 0 radical (unpaired) electrons. The topological polar surface area (TPSA) is 37.8 Å². The van der Waals surface area contributed by atoms with Gasteiger partial charge in [-0.3, -0.25) is 0 Å². The highest BCUT2D eigenvalue weighted by molar-refractivity contribution is 7.09. The van der Waals surface area contributed by atoms with Gasteiger partial charge in [0.15, 0.2) is 0 Å². The van der Waals surface area contributed by atoms with Gasteiger partial charge in [-0.15, -0.1) is 0 Å². The quantitative estimate of drug-likeness (QED) is 0.892. The predicted molar refractivity (Wildman–Crippen MR) is 63.1 cm³/mol. The largest absolute Gasteiger partial charge is 0.356 e. The Morgan fingerprint density at radius 3 is 2.56 bits per heavy atom. The average Bonchev–Trinajstić information content (AvgIpc) is 2.75. The molecule has 2 rings (SSSR count). The van der Waals surface area contributed by atoms with Crippen LogP contribution in [0.1, 0.15) is 16.7 Å². The highest BCUT2D eigenvalue weighted by Gasteiger charge is 2.04. The van der Waals surface area contributed by atoms with Crippen molar-refractivity contribution < 1.29 is 4.39 Å². The molecule has 0 amide bonds. The molecule has 0 atom stereocenters. The predicted octanol–water partition coefficient (Wildman–Crippen LogP) is 2.91. The van der Waals surface area contributed by atoms with E-state index in [1.807, 2.05) is 12.1 Å². The highest BCUT2D eigenvalue weighted by atomic mass is 32.1. The third kappa shape index (κ3) is 2.36. The summed E-state index contributed by atoms with van der Waals surface area (Å²) in [6.07, 6.45) is 1.51. The first kappa shape index (κ1) is 11.0. The first-order chi connectivity index (χ1) is 7.66. The van der Waals surface area contributed by atoms with Gasteiger partial charge in [-0.1, -0.05) is 12.1 Å². The summed E-state index contributed by atoms with van der Waals surface area (Å²) in [4.78, 5) is 4.02. The van der Waals surface area contributed by atoms with Gasteiger partial charge < -0.3 is 5.32 Å². The smallest absolute Gasteiger partial charge is 0.202 e. The summed E-state index contributed by atoms with van der Waals surface area (Å²) < 4.78 is 17.3. The summed E-state index contributed by atoms with van der Waals surface area (Å²) in [5.74, 6) is -0.125. The molecule has 0 bridgehead atoms. The summed E-state index contributed by atoms with van der Waals surface area (Å²) >= 11 is 1.31. The molecule has 1 N–H and O–H groups in total. The minimum Gasteiger partial charge on any atom is -0.356 e. The first-order valence-electron chi connectivity index (χ1n) is 4.93. The van der Waals surface area contributed by atoms with Gasteiger partial charge >= 0.3 is 0 Å². The van der Waals surface area contributed by atoms with Crippen molar-refractivity contribution in [3.63, 3.8) is 0 Å². The molecule has 5 heteroatoms. The molecule has 84 valence electrons. The van der Waals surface area contributed by atoms with E-state index in [2.05, 4.69) is 14.7 Å². The molecule has 16 heavy (non-hydrogen) atoms. The number of aromatic nitrogens is 2. The van der Waals surface area contributed by atoms with Crippen LogP contribution in [0.3, 0.4) is 0 Å². The van der Waals surface area contributed by atoms with Gasteiger partial charge in [-0.25, -0.2) is 9.37 Å². The lowest BCUT2D eigenvalue weighted by Gasteiger charge is -2.07. The van der Waals surface area contributed by atoms with Crippen LogP contribution >= 0.6 is 11.5 Å². The third-order valence-electron chi connectivity index (χ3n) is 2.30. The summed E-state index contributed by atoms with van der Waals surface area (Å²) in [7, 11) is 0. The monoisotopic (exact) mass is 237 g/mol. The van der Waals surface area contributed by atoms with E-state index in [9.17, 15) is 4.39 Å². The van der Waals surface area contributed by atoms with Crippen molar-refractivity contribution in [1.82, 2.24) is 9.36 Å². The molecule has 1 aromatic carbocycles. The van der Waals surface area contributed by atoms with Crippen molar-refractivity contribution in [2.75, 3.05) is 5.32 Å². The maximum Gasteiger partial charge on any atom is 0.202 e. The molecule has 0 saturated carbocycles. The van der Waals surface area contributed by atoms with Gasteiger partial charge in [-0.2, -0.15) is 4.37 Å². The summed E-state index contributed by atoms with van der Waals surface area (Å²) in [6.45, 7) is 4.19. The number of hydrogen-bond donors (Lipinski definition) is 1. The van der Waals surface area contributed by atoms with Crippen LogP contribution in [0, 0.1) is 19.7 Å². The Morgan fingerprint density at radius 1 is 1.31 bits per heavy atom. The lowest BCUT2D eigenvalue weighted by molar-refractivity contribution is 0.608. The van der Waals surface area contributed by atoms with Crippen LogP contribution in [0.5, 0.6) is 0 Å². The van der Waals surface area contributed by atoms with Crippen LogP contribution in [0.4, 0.5) is 9.52 Å². The van der Waals surface area contributed by atoms with Gasteiger partial charge in [0.05, 0.1) is 0 Å². The molecule has 1 heterocycles. The Bertz CT molecular complexity index is 459. The molecule has 3 nitrogen and oxygen atoms in total. The number of rotatable bonds is 3. The van der Waals surface area contributed by atoms with E-state index in [0.717, 1.165) is 10.7 Å². The summed E-state index contributed by atoms with van der Waals surface area (Å²) in [6, 6.07) is 3.69. The van der Waals surface area contributed by atoms with Crippen LogP contribution in [-0.2, 0) is 6.54 Å². The Morgan fingerprint density at radius 2 is 2.00 bits per heavy atom. The Balaban J connectivity index is 2.10. The molecular weight excluding hydrogens is 225 g/mol. The maximum absolute atomic E-state index is 13.4. The zero-order valence-electron chi connectivity index (χ0n) is 9.12. The van der Waals surface area contributed by atoms with Crippen LogP contribution in [0.25, 0.3) is 0 Å². The number of halogens is 1. The Hall–Kier alpha value is -1.49. The number of anilines is 1. The molecule has 0 aliphatic rings. The second kappa shape index (κ2) is 4.57. The van der Waals surface area contributed by atoms with Gasteiger partial charge in [0.25, 0.3) is 0 Å². The Labute approximate surface area is 97.5 Å². The number of nitrogens with one attached hydrogen (secondary N) is 1. The van der Waals surface area contributed by atoms with Gasteiger partial charge in [0.1, 0.15) is 12.1 Å². The maximum atomic E-state index is 13.4. The van der Waals surface area contributed by atoms with Gasteiger partial charge in [0, 0.05) is 18.1 Å². The van der Waals surface area contributed by atoms with Crippen molar-refractivity contribution in [3.8, 4) is 0 Å². The summed E-state index contributed by atoms with van der Waals surface area (Å²) in [5.41, 5.74) is 2.40. The first-order valence-corrected chi connectivity index (χ1v) is 5.70. The second-order valence-electron chi connectivity index (χ2n) is 3.64. The van der Waals surface area contributed by atoms with Crippen molar-refractivity contribution in [3.05, 3.63) is 41.0 Å². The van der Waals surface area contributed by atoms with E-state index in [1.54, 1.807) is 13.8 Å². The van der Waals surface area contributed by atoms with Crippen molar-refractivity contribution in [1.29, 1.82) is 0 Å². The standard InChI is InChI=1S/C11H12FN3S/c1-7-3-9(4-8(2)10(7)12)5-13-11-14-6-15-16-11/h3-4,6H,5H2,1-2H3,(H,13,14,15). The zero-order chi connectivity index (χ0) is 11.5. The van der Waals surface area contributed by atoms with Crippen LogP contribution in [0.15, 0.2) is 18.5 Å². The van der Waals surface area contributed by atoms with Crippen molar-refractivity contribution in [2.24, 2.45) is 0 Å². The second-order valence-corrected chi connectivity index (χ2v) is 4.42. The van der Waals surface area contributed by atoms with Crippen LogP contribution in [-0.4, -0.2) is 9.36 Å². The van der Waals surface area contributed by atoms with Gasteiger partial charge in [0.2, 0.25) is 5.13 Å².